The van der Waals surface area contributed by atoms with Crippen molar-refractivity contribution in [3.05, 3.63) is 63.9 Å². The van der Waals surface area contributed by atoms with Crippen LogP contribution in [0.4, 0.5) is 5.13 Å². The fourth-order valence-corrected chi connectivity index (χ4v) is 4.26. The maximum absolute atomic E-state index is 12.1. The highest BCUT2D eigenvalue weighted by Crippen LogP contribution is 2.34. The van der Waals surface area contributed by atoms with E-state index in [1.807, 2.05) is 49.4 Å². The Morgan fingerprint density at radius 2 is 1.89 bits per heavy atom. The molecule has 0 atom stereocenters. The summed E-state index contributed by atoms with van der Waals surface area (Å²) in [6.45, 7) is 3.99. The van der Waals surface area contributed by atoms with Crippen molar-refractivity contribution < 1.29 is 9.59 Å². The molecule has 1 aromatic carbocycles. The standard InChI is InChI=1S/C20H19N3O2S2/c1-13-19(17-10-9-16(27-17)12-21-14(2)24)23-20(26-13)22-18(25)11-8-15-6-4-3-5-7-15/h3-11H,12H2,1-2H3,(H,21,24)(H,22,23,25)/b11-8+. The van der Waals surface area contributed by atoms with Gasteiger partial charge in [0.15, 0.2) is 5.13 Å². The van der Waals surface area contributed by atoms with Crippen LogP contribution in [0.2, 0.25) is 0 Å². The molecule has 0 spiro atoms. The predicted octanol–water partition coefficient (Wildman–Crippen LogP) is 4.47. The largest absolute Gasteiger partial charge is 0.351 e. The zero-order chi connectivity index (χ0) is 19.2. The second-order valence-electron chi connectivity index (χ2n) is 5.83. The van der Waals surface area contributed by atoms with E-state index in [-0.39, 0.29) is 11.8 Å². The van der Waals surface area contributed by atoms with E-state index in [9.17, 15) is 9.59 Å². The Morgan fingerprint density at radius 3 is 2.63 bits per heavy atom. The number of carbonyl (C=O) groups excluding carboxylic acids is 2. The SMILES string of the molecule is CC(=O)NCc1ccc(-c2nc(NC(=O)/C=C/c3ccccc3)sc2C)s1. The minimum atomic E-state index is -0.211. The van der Waals surface area contributed by atoms with Crippen LogP contribution in [0, 0.1) is 6.92 Å². The number of hydrogen-bond acceptors (Lipinski definition) is 5. The summed E-state index contributed by atoms with van der Waals surface area (Å²) in [7, 11) is 0. The van der Waals surface area contributed by atoms with Gasteiger partial charge in [0.2, 0.25) is 11.8 Å². The van der Waals surface area contributed by atoms with Crippen LogP contribution in [0.3, 0.4) is 0 Å². The van der Waals surface area contributed by atoms with Crippen LogP contribution in [0.25, 0.3) is 16.6 Å². The number of rotatable bonds is 6. The van der Waals surface area contributed by atoms with Gasteiger partial charge in [0, 0.05) is 22.8 Å². The molecule has 2 N–H and O–H groups in total. The van der Waals surface area contributed by atoms with Gasteiger partial charge in [0.1, 0.15) is 0 Å². The normalized spacial score (nSPS) is 10.9. The predicted molar refractivity (Wildman–Crippen MR) is 112 cm³/mol. The molecular formula is C20H19N3O2S2. The van der Waals surface area contributed by atoms with E-state index in [4.69, 9.17) is 0 Å². The summed E-state index contributed by atoms with van der Waals surface area (Å²) < 4.78 is 0. The molecule has 7 heteroatoms. The number of nitrogens with one attached hydrogen (secondary N) is 2. The monoisotopic (exact) mass is 397 g/mol. The van der Waals surface area contributed by atoms with Crippen molar-refractivity contribution in [3.63, 3.8) is 0 Å². The second-order valence-corrected chi connectivity index (χ2v) is 8.20. The molecule has 0 fully saturated rings. The van der Waals surface area contributed by atoms with Gasteiger partial charge in [0.25, 0.3) is 0 Å². The number of benzene rings is 1. The molecular weight excluding hydrogens is 378 g/mol. The Bertz CT molecular complexity index is 974. The number of thiazole rings is 1. The number of hydrogen-bond donors (Lipinski definition) is 2. The van der Waals surface area contributed by atoms with Crippen molar-refractivity contribution in [1.29, 1.82) is 0 Å². The van der Waals surface area contributed by atoms with Crippen LogP contribution in [0.15, 0.2) is 48.5 Å². The van der Waals surface area contributed by atoms with Gasteiger partial charge >= 0.3 is 0 Å². The van der Waals surface area contributed by atoms with Crippen molar-refractivity contribution in [2.75, 3.05) is 5.32 Å². The van der Waals surface area contributed by atoms with Crippen LogP contribution >= 0.6 is 22.7 Å². The highest BCUT2D eigenvalue weighted by atomic mass is 32.1. The number of aryl methyl sites for hydroxylation is 1. The molecule has 0 aliphatic carbocycles. The zero-order valence-corrected chi connectivity index (χ0v) is 16.6. The Balaban J connectivity index is 1.66. The first-order valence-corrected chi connectivity index (χ1v) is 9.99. The molecule has 3 aromatic rings. The summed E-state index contributed by atoms with van der Waals surface area (Å²) in [5.74, 6) is -0.264. The molecule has 2 amide bonds. The first-order valence-electron chi connectivity index (χ1n) is 8.36. The molecule has 0 bridgehead atoms. The first kappa shape index (κ1) is 19.0. The van der Waals surface area contributed by atoms with E-state index < -0.39 is 0 Å². The minimum Gasteiger partial charge on any atom is -0.351 e. The summed E-state index contributed by atoms with van der Waals surface area (Å²) in [6.07, 6.45) is 3.27. The van der Waals surface area contributed by atoms with E-state index in [0.29, 0.717) is 11.7 Å². The van der Waals surface area contributed by atoms with E-state index in [1.165, 1.54) is 24.3 Å². The van der Waals surface area contributed by atoms with Crippen molar-refractivity contribution in [3.8, 4) is 10.6 Å². The average molecular weight is 398 g/mol. The molecule has 0 radical (unpaired) electrons. The summed E-state index contributed by atoms with van der Waals surface area (Å²) in [5, 5.41) is 6.18. The van der Waals surface area contributed by atoms with Gasteiger partial charge in [-0.3, -0.25) is 14.9 Å². The molecule has 138 valence electrons. The molecule has 2 heterocycles. The Kier molecular flexibility index (Phi) is 6.16. The number of thiophene rings is 1. The van der Waals surface area contributed by atoms with Crippen LogP contribution in [0.5, 0.6) is 0 Å². The number of amides is 2. The van der Waals surface area contributed by atoms with Crippen molar-refractivity contribution in [2.24, 2.45) is 0 Å². The Labute approximate surface area is 165 Å². The molecule has 27 heavy (non-hydrogen) atoms. The molecule has 0 unspecified atom stereocenters. The number of carbonyl (C=O) groups is 2. The quantitative estimate of drug-likeness (QED) is 0.603. The highest BCUT2D eigenvalue weighted by molar-refractivity contribution is 7.18. The van der Waals surface area contributed by atoms with E-state index >= 15 is 0 Å². The Morgan fingerprint density at radius 1 is 1.11 bits per heavy atom. The number of nitrogens with zero attached hydrogens (tertiary/aromatic N) is 1. The smallest absolute Gasteiger partial charge is 0.250 e. The average Bonchev–Trinajstić information content (AvgIpc) is 3.25. The minimum absolute atomic E-state index is 0.0525. The topological polar surface area (TPSA) is 71.1 Å². The summed E-state index contributed by atoms with van der Waals surface area (Å²) >= 11 is 3.03. The number of anilines is 1. The molecule has 0 aliphatic heterocycles. The summed E-state index contributed by atoms with van der Waals surface area (Å²) in [6, 6.07) is 13.6. The molecule has 0 aliphatic rings. The lowest BCUT2D eigenvalue weighted by molar-refractivity contribution is -0.119. The fraction of sp³-hybridized carbons (Fsp3) is 0.150. The summed E-state index contributed by atoms with van der Waals surface area (Å²) in [5.41, 5.74) is 1.83. The van der Waals surface area contributed by atoms with E-state index in [1.54, 1.807) is 17.4 Å². The molecule has 5 nitrogen and oxygen atoms in total. The van der Waals surface area contributed by atoms with E-state index in [2.05, 4.69) is 15.6 Å². The van der Waals surface area contributed by atoms with Gasteiger partial charge in [-0.1, -0.05) is 30.3 Å². The van der Waals surface area contributed by atoms with Crippen LogP contribution in [-0.4, -0.2) is 16.8 Å². The lowest BCUT2D eigenvalue weighted by atomic mass is 10.2. The maximum atomic E-state index is 12.1. The van der Waals surface area contributed by atoms with Gasteiger partial charge in [-0.2, -0.15) is 0 Å². The fourth-order valence-electron chi connectivity index (χ4n) is 2.37. The second kappa shape index (κ2) is 8.75. The van der Waals surface area contributed by atoms with Crippen molar-refractivity contribution in [1.82, 2.24) is 10.3 Å². The van der Waals surface area contributed by atoms with Gasteiger partial charge in [-0.05, 0) is 30.7 Å². The number of aromatic nitrogens is 1. The molecule has 0 saturated heterocycles. The Hall–Kier alpha value is -2.77. The van der Waals surface area contributed by atoms with Crippen LogP contribution in [0.1, 0.15) is 22.2 Å². The van der Waals surface area contributed by atoms with Crippen molar-refractivity contribution in [2.45, 2.75) is 20.4 Å². The summed E-state index contributed by atoms with van der Waals surface area (Å²) in [4.78, 5) is 30.8. The zero-order valence-electron chi connectivity index (χ0n) is 15.0. The van der Waals surface area contributed by atoms with E-state index in [0.717, 1.165) is 25.9 Å². The third kappa shape index (κ3) is 5.35. The maximum Gasteiger partial charge on any atom is 0.250 e. The third-order valence-electron chi connectivity index (χ3n) is 3.66. The van der Waals surface area contributed by atoms with Crippen LogP contribution in [-0.2, 0) is 16.1 Å². The van der Waals surface area contributed by atoms with Gasteiger partial charge < -0.3 is 5.32 Å². The first-order chi connectivity index (χ1) is 13.0. The van der Waals surface area contributed by atoms with Gasteiger partial charge in [-0.15, -0.1) is 22.7 Å². The lowest BCUT2D eigenvalue weighted by Crippen LogP contribution is -2.17. The van der Waals surface area contributed by atoms with Crippen molar-refractivity contribution >= 4 is 45.7 Å². The molecule has 3 rings (SSSR count). The highest BCUT2D eigenvalue weighted by Gasteiger charge is 2.13. The van der Waals surface area contributed by atoms with Gasteiger partial charge in [-0.25, -0.2) is 4.98 Å². The lowest BCUT2D eigenvalue weighted by Gasteiger charge is -1.97. The molecule has 0 saturated carbocycles. The van der Waals surface area contributed by atoms with Gasteiger partial charge in [0.05, 0.1) is 17.1 Å². The third-order valence-corrected chi connectivity index (χ3v) is 5.64. The molecule has 2 aromatic heterocycles. The van der Waals surface area contributed by atoms with Crippen LogP contribution < -0.4 is 10.6 Å².